The summed E-state index contributed by atoms with van der Waals surface area (Å²) in [6.45, 7) is 1.90. The summed E-state index contributed by atoms with van der Waals surface area (Å²) in [5, 5.41) is 2.32. The molecule has 0 radical (unpaired) electrons. The number of imide groups is 1. The second kappa shape index (κ2) is 5.34. The Kier molecular flexibility index (Phi) is 3.35. The average Bonchev–Trinajstić information content (AvgIpc) is 2.83. The highest BCUT2D eigenvalue weighted by Gasteiger charge is 2.73. The number of carbonyl (C=O) groups is 3. The fraction of sp³-hybridized carbons (Fsp3) is 0.389. The Morgan fingerprint density at radius 3 is 2.76 bits per heavy atom. The Morgan fingerprint density at radius 2 is 2.00 bits per heavy atom. The topological polar surface area (TPSA) is 90.9 Å². The van der Waals surface area contributed by atoms with Gasteiger partial charge in [-0.1, -0.05) is 12.1 Å². The molecule has 130 valence electrons. The fourth-order valence-corrected chi connectivity index (χ4v) is 4.09. The molecule has 1 aromatic carbocycles. The van der Waals surface area contributed by atoms with Gasteiger partial charge in [-0.3, -0.25) is 14.9 Å². The molecule has 25 heavy (non-hydrogen) atoms. The van der Waals surface area contributed by atoms with Crippen molar-refractivity contribution in [3.63, 3.8) is 0 Å². The molecule has 2 fully saturated rings. The van der Waals surface area contributed by atoms with E-state index in [1.807, 2.05) is 24.3 Å². The number of fused-ring (bicyclic) bond motifs is 4. The minimum atomic E-state index is -1.05. The second-order valence-electron chi connectivity index (χ2n) is 6.63. The molecule has 1 aromatic rings. The number of methoxy groups -OCH3 is 1. The number of amides is 2. The second-order valence-corrected chi connectivity index (χ2v) is 6.63. The van der Waals surface area contributed by atoms with Gasteiger partial charge in [-0.2, -0.15) is 0 Å². The zero-order valence-electron chi connectivity index (χ0n) is 13.8. The van der Waals surface area contributed by atoms with Crippen LogP contribution in [0.2, 0.25) is 0 Å². The molecule has 1 aliphatic carbocycles. The van der Waals surface area contributed by atoms with Crippen molar-refractivity contribution >= 4 is 17.8 Å². The summed E-state index contributed by atoms with van der Waals surface area (Å²) >= 11 is 0. The van der Waals surface area contributed by atoms with E-state index < -0.39 is 35.2 Å². The third-order valence-corrected chi connectivity index (χ3v) is 5.21. The van der Waals surface area contributed by atoms with Crippen LogP contribution in [0, 0.1) is 17.8 Å². The first-order valence-electron chi connectivity index (χ1n) is 7.99. The molecule has 2 amide bonds. The predicted octanol–water partition coefficient (Wildman–Crippen LogP) is 0.930. The normalized spacial score (nSPS) is 32.6. The smallest absolute Gasteiger partial charge is 0.334 e. The summed E-state index contributed by atoms with van der Waals surface area (Å²) in [5.74, 6) is -1.88. The molecule has 7 nitrogen and oxygen atoms in total. The van der Waals surface area contributed by atoms with E-state index in [1.165, 1.54) is 6.08 Å². The van der Waals surface area contributed by atoms with Crippen molar-refractivity contribution in [2.24, 2.45) is 17.8 Å². The maximum Gasteiger partial charge on any atom is 0.334 e. The van der Waals surface area contributed by atoms with Crippen LogP contribution in [0.4, 0.5) is 0 Å². The van der Waals surface area contributed by atoms with Gasteiger partial charge in [-0.25, -0.2) is 4.79 Å². The molecule has 0 unspecified atom stereocenters. The van der Waals surface area contributed by atoms with Crippen molar-refractivity contribution < 1.29 is 28.6 Å². The van der Waals surface area contributed by atoms with E-state index in [2.05, 4.69) is 5.32 Å². The highest BCUT2D eigenvalue weighted by Crippen LogP contribution is 2.58. The van der Waals surface area contributed by atoms with Crippen molar-refractivity contribution in [2.75, 3.05) is 7.11 Å². The molecule has 3 aliphatic rings. The van der Waals surface area contributed by atoms with Gasteiger partial charge in [0.2, 0.25) is 11.8 Å². The van der Waals surface area contributed by atoms with Crippen LogP contribution in [0.3, 0.4) is 0 Å². The van der Waals surface area contributed by atoms with Crippen LogP contribution >= 0.6 is 0 Å². The van der Waals surface area contributed by atoms with Gasteiger partial charge in [0.25, 0.3) is 0 Å². The summed E-state index contributed by atoms with van der Waals surface area (Å²) in [7, 11) is 1.58. The van der Waals surface area contributed by atoms with E-state index in [9.17, 15) is 14.4 Å². The fourth-order valence-electron chi connectivity index (χ4n) is 4.09. The lowest BCUT2D eigenvalue weighted by atomic mass is 9.53. The van der Waals surface area contributed by atoms with Gasteiger partial charge in [0, 0.05) is 0 Å². The summed E-state index contributed by atoms with van der Waals surface area (Å²) in [5.41, 5.74) is -0.181. The molecule has 7 heteroatoms. The molecule has 1 N–H and O–H groups in total. The highest BCUT2D eigenvalue weighted by molar-refractivity contribution is 6.08. The molecular formula is C18H17NO6. The van der Waals surface area contributed by atoms with Crippen LogP contribution in [0.15, 0.2) is 36.1 Å². The van der Waals surface area contributed by atoms with Crippen molar-refractivity contribution in [1.29, 1.82) is 0 Å². The van der Waals surface area contributed by atoms with Crippen molar-refractivity contribution in [2.45, 2.75) is 19.1 Å². The lowest BCUT2D eigenvalue weighted by Crippen LogP contribution is -2.66. The van der Waals surface area contributed by atoms with E-state index >= 15 is 0 Å². The summed E-state index contributed by atoms with van der Waals surface area (Å²) in [4.78, 5) is 36.0. The Morgan fingerprint density at radius 1 is 1.20 bits per heavy atom. The number of nitrogens with one attached hydrogen (secondary N) is 1. The number of ether oxygens (including phenoxy) is 3. The number of hydrogen-bond donors (Lipinski definition) is 1. The molecule has 1 saturated heterocycles. The number of benzene rings is 1. The van der Waals surface area contributed by atoms with Crippen LogP contribution in [-0.4, -0.2) is 30.5 Å². The summed E-state index contributed by atoms with van der Waals surface area (Å²) in [6.07, 6.45) is 1.26. The van der Waals surface area contributed by atoms with Crippen molar-refractivity contribution in [1.82, 2.24) is 5.32 Å². The zero-order valence-corrected chi connectivity index (χ0v) is 13.8. The summed E-state index contributed by atoms with van der Waals surface area (Å²) in [6, 6.07) is 7.37. The van der Waals surface area contributed by atoms with Gasteiger partial charge in [-0.05, 0) is 24.6 Å². The van der Waals surface area contributed by atoms with Crippen molar-refractivity contribution in [3.8, 4) is 5.75 Å². The maximum absolute atomic E-state index is 12.1. The molecular weight excluding hydrogens is 326 g/mol. The predicted molar refractivity (Wildman–Crippen MR) is 84.0 cm³/mol. The van der Waals surface area contributed by atoms with Crippen LogP contribution in [0.5, 0.6) is 5.75 Å². The zero-order chi connectivity index (χ0) is 17.8. The number of esters is 1. The summed E-state index contributed by atoms with van der Waals surface area (Å²) < 4.78 is 16.4. The van der Waals surface area contributed by atoms with Gasteiger partial charge in [0.05, 0.1) is 30.9 Å². The van der Waals surface area contributed by atoms with Gasteiger partial charge < -0.3 is 14.2 Å². The molecule has 2 aliphatic heterocycles. The third kappa shape index (κ3) is 2.22. The van der Waals surface area contributed by atoms with Crippen LogP contribution in [-0.2, 0) is 30.5 Å². The highest BCUT2D eigenvalue weighted by atomic mass is 16.6. The minimum Gasteiger partial charge on any atom is -0.497 e. The van der Waals surface area contributed by atoms with Gasteiger partial charge >= 0.3 is 5.97 Å². The largest absolute Gasteiger partial charge is 0.497 e. The lowest BCUT2D eigenvalue weighted by Gasteiger charge is -2.54. The van der Waals surface area contributed by atoms with E-state index in [-0.39, 0.29) is 12.5 Å². The molecule has 4 atom stereocenters. The Labute approximate surface area is 143 Å². The number of hydrogen-bond acceptors (Lipinski definition) is 6. The standard InChI is InChI=1S/C18H17NO6/c1-18-14(13-15(18)17(22)19-16(13)21)11(7-12(20)25-18)24-8-9-4-3-5-10(6-9)23-2/h3-7,13-15H,8H2,1-2H3,(H,19,21,22)/t13-,14+,15+,18+/m0/s1. The minimum absolute atomic E-state index is 0.218. The van der Waals surface area contributed by atoms with Crippen LogP contribution in [0.25, 0.3) is 0 Å². The van der Waals surface area contributed by atoms with Crippen molar-refractivity contribution in [3.05, 3.63) is 41.7 Å². The lowest BCUT2D eigenvalue weighted by molar-refractivity contribution is -0.212. The van der Waals surface area contributed by atoms with Gasteiger partial charge in [0.15, 0.2) is 0 Å². The van der Waals surface area contributed by atoms with Crippen LogP contribution < -0.4 is 10.1 Å². The van der Waals surface area contributed by atoms with Crippen LogP contribution in [0.1, 0.15) is 12.5 Å². The third-order valence-electron chi connectivity index (χ3n) is 5.21. The van der Waals surface area contributed by atoms with Gasteiger partial charge in [0.1, 0.15) is 23.7 Å². The van der Waals surface area contributed by atoms with E-state index in [4.69, 9.17) is 14.2 Å². The molecule has 1 saturated carbocycles. The Hall–Kier alpha value is -2.83. The average molecular weight is 343 g/mol. The molecule has 0 bridgehead atoms. The van der Waals surface area contributed by atoms with Gasteiger partial charge in [-0.15, -0.1) is 0 Å². The molecule has 4 rings (SSSR count). The first kappa shape index (κ1) is 15.7. The number of carbonyl (C=O) groups excluding carboxylic acids is 3. The Bertz CT molecular complexity index is 816. The first-order valence-corrected chi connectivity index (χ1v) is 7.99. The Balaban J connectivity index is 1.58. The van der Waals surface area contributed by atoms with E-state index in [0.717, 1.165) is 5.56 Å². The molecule has 0 aromatic heterocycles. The van der Waals surface area contributed by atoms with E-state index in [0.29, 0.717) is 11.5 Å². The molecule has 0 spiro atoms. The molecule has 2 heterocycles. The maximum atomic E-state index is 12.1. The first-order chi connectivity index (χ1) is 11.9. The number of rotatable bonds is 4. The van der Waals surface area contributed by atoms with E-state index in [1.54, 1.807) is 14.0 Å². The monoisotopic (exact) mass is 343 g/mol. The quantitative estimate of drug-likeness (QED) is 0.646. The SMILES string of the molecule is COc1cccc(COC2=CC(=O)O[C@]3(C)[C@H]2[C@@H]2C(=O)NC(=O)[C@@H]23)c1.